The number of H-pyrrole nitrogens is 1. The van der Waals surface area contributed by atoms with E-state index in [4.69, 9.17) is 5.11 Å². The van der Waals surface area contributed by atoms with E-state index >= 15 is 0 Å². The molecule has 0 unspecified atom stereocenters. The number of carbonyl (C=O) groups excluding carboxylic acids is 1. The van der Waals surface area contributed by atoms with Crippen molar-refractivity contribution < 1.29 is 9.90 Å². The minimum absolute atomic E-state index is 0.0733. The highest BCUT2D eigenvalue weighted by Gasteiger charge is 2.14. The number of aryl methyl sites for hydroxylation is 1. The van der Waals surface area contributed by atoms with E-state index in [0.29, 0.717) is 12.0 Å². The zero-order valence-corrected chi connectivity index (χ0v) is 13.1. The number of carbonyl (C=O) groups is 1. The summed E-state index contributed by atoms with van der Waals surface area (Å²) in [5.74, 6) is -0.0733. The van der Waals surface area contributed by atoms with Crippen LogP contribution in [0.4, 0.5) is 0 Å². The summed E-state index contributed by atoms with van der Waals surface area (Å²) in [7, 11) is 0. The van der Waals surface area contributed by atoms with E-state index in [1.165, 1.54) is 10.5 Å². The second-order valence-corrected chi connectivity index (χ2v) is 5.29. The highest BCUT2D eigenvalue weighted by atomic mass is 16.3. The average Bonchev–Trinajstić information content (AvgIpc) is 2.53. The maximum Gasteiger partial charge on any atom is 0.253 e. The molecule has 1 heterocycles. The monoisotopic (exact) mass is 302 g/mol. The molecule has 5 heteroatoms. The van der Waals surface area contributed by atoms with Gasteiger partial charge < -0.3 is 15.0 Å². The molecule has 0 aliphatic carbocycles. The van der Waals surface area contributed by atoms with E-state index in [9.17, 15) is 9.59 Å². The Balaban J connectivity index is 2.38. The van der Waals surface area contributed by atoms with Gasteiger partial charge >= 0.3 is 0 Å². The summed E-state index contributed by atoms with van der Waals surface area (Å²) in [4.78, 5) is 28.4. The summed E-state index contributed by atoms with van der Waals surface area (Å²) in [5, 5.41) is 10.0. The molecule has 1 amide bonds. The number of aliphatic hydroxyl groups is 1. The lowest BCUT2D eigenvalue weighted by Gasteiger charge is -2.21. The molecule has 0 fully saturated rings. The molecule has 0 saturated heterocycles. The first-order valence-electron chi connectivity index (χ1n) is 7.62. The lowest BCUT2D eigenvalue weighted by molar-refractivity contribution is -0.132. The summed E-state index contributed by atoms with van der Waals surface area (Å²) in [6.45, 7) is 4.19. The van der Waals surface area contributed by atoms with Crippen LogP contribution in [-0.2, 0) is 17.8 Å². The van der Waals surface area contributed by atoms with Gasteiger partial charge in [0.25, 0.3) is 5.56 Å². The average molecular weight is 302 g/mol. The molecule has 22 heavy (non-hydrogen) atoms. The predicted molar refractivity (Wildman–Crippen MR) is 86.7 cm³/mol. The van der Waals surface area contributed by atoms with Gasteiger partial charge in [0.1, 0.15) is 0 Å². The molecular formula is C17H22N2O3. The number of aliphatic hydroxyl groups excluding tert-OH is 1. The Bertz CT molecular complexity index is 721. The molecule has 0 aliphatic rings. The summed E-state index contributed by atoms with van der Waals surface area (Å²) >= 11 is 0. The second-order valence-electron chi connectivity index (χ2n) is 5.29. The molecule has 1 aromatic carbocycles. The Morgan fingerprint density at radius 2 is 2.05 bits per heavy atom. The molecular weight excluding hydrogens is 280 g/mol. The lowest BCUT2D eigenvalue weighted by Crippen LogP contribution is -2.34. The van der Waals surface area contributed by atoms with E-state index in [-0.39, 0.29) is 31.2 Å². The molecule has 1 aromatic heterocycles. The molecule has 118 valence electrons. The smallest absolute Gasteiger partial charge is 0.253 e. The number of hydrogen-bond donors (Lipinski definition) is 2. The van der Waals surface area contributed by atoms with Crippen molar-refractivity contribution >= 4 is 16.8 Å². The van der Waals surface area contributed by atoms with Crippen molar-refractivity contribution in [1.29, 1.82) is 0 Å². The van der Waals surface area contributed by atoms with E-state index in [1.54, 1.807) is 6.92 Å². The summed E-state index contributed by atoms with van der Waals surface area (Å²) in [5.41, 5.74) is 2.34. The molecule has 0 atom stereocenters. The van der Waals surface area contributed by atoms with Crippen LogP contribution in [-0.4, -0.2) is 34.0 Å². The van der Waals surface area contributed by atoms with Gasteiger partial charge in [-0.2, -0.15) is 0 Å². The molecule has 0 radical (unpaired) electrons. The number of hydrogen-bond acceptors (Lipinski definition) is 3. The number of benzene rings is 1. The Hall–Kier alpha value is -2.14. The van der Waals surface area contributed by atoms with Gasteiger partial charge in [-0.05, 0) is 35.6 Å². The fraction of sp³-hybridized carbons (Fsp3) is 0.412. The molecule has 5 nitrogen and oxygen atoms in total. The van der Waals surface area contributed by atoms with Crippen LogP contribution < -0.4 is 5.56 Å². The minimum Gasteiger partial charge on any atom is -0.395 e. The Morgan fingerprint density at radius 3 is 2.68 bits per heavy atom. The van der Waals surface area contributed by atoms with Crippen LogP contribution in [0.5, 0.6) is 0 Å². The fourth-order valence-corrected chi connectivity index (χ4v) is 2.48. The number of aromatic nitrogens is 1. The Labute approximate surface area is 129 Å². The van der Waals surface area contributed by atoms with Crippen LogP contribution in [0.25, 0.3) is 10.9 Å². The van der Waals surface area contributed by atoms with E-state index in [2.05, 4.69) is 11.9 Å². The van der Waals surface area contributed by atoms with Gasteiger partial charge in [0.05, 0.1) is 13.2 Å². The van der Waals surface area contributed by atoms with Crippen molar-refractivity contribution in [3.8, 4) is 0 Å². The van der Waals surface area contributed by atoms with E-state index in [0.717, 1.165) is 17.3 Å². The molecule has 0 aliphatic heterocycles. The van der Waals surface area contributed by atoms with Crippen LogP contribution in [0.15, 0.2) is 29.1 Å². The van der Waals surface area contributed by atoms with Gasteiger partial charge in [-0.3, -0.25) is 9.59 Å². The number of pyridine rings is 1. The van der Waals surface area contributed by atoms with Gasteiger partial charge in [-0.15, -0.1) is 0 Å². The molecule has 2 aromatic rings. The Morgan fingerprint density at radius 1 is 1.27 bits per heavy atom. The summed E-state index contributed by atoms with van der Waals surface area (Å²) in [6, 6.07) is 7.78. The fourth-order valence-electron chi connectivity index (χ4n) is 2.48. The highest BCUT2D eigenvalue weighted by molar-refractivity contribution is 5.80. The first kappa shape index (κ1) is 16.2. The van der Waals surface area contributed by atoms with Crippen molar-refractivity contribution in [3.63, 3.8) is 0 Å². The number of nitrogens with one attached hydrogen (secondary N) is 1. The van der Waals surface area contributed by atoms with Gasteiger partial charge in [0.15, 0.2) is 0 Å². The SMILES string of the molecule is CCC(=O)N(CCO)Cc1cc2cc(CC)ccc2[nH]c1=O. The third kappa shape index (κ3) is 3.54. The maximum absolute atomic E-state index is 12.2. The second kappa shape index (κ2) is 7.22. The lowest BCUT2D eigenvalue weighted by atomic mass is 10.1. The standard InChI is InChI=1S/C17H22N2O3/c1-3-12-5-6-15-13(9-12)10-14(17(22)18-15)11-19(7-8-20)16(21)4-2/h5-6,9-10,20H,3-4,7-8,11H2,1-2H3,(H,18,22). The van der Waals surface area contributed by atoms with Gasteiger partial charge in [-0.1, -0.05) is 19.9 Å². The predicted octanol–water partition coefficient (Wildman–Crippen LogP) is 1.82. The van der Waals surface area contributed by atoms with Crippen LogP contribution in [0.3, 0.4) is 0 Å². The van der Waals surface area contributed by atoms with Gasteiger partial charge in [0.2, 0.25) is 5.91 Å². The van der Waals surface area contributed by atoms with Crippen molar-refractivity contribution in [2.45, 2.75) is 33.2 Å². The highest BCUT2D eigenvalue weighted by Crippen LogP contribution is 2.15. The molecule has 2 rings (SSSR count). The zero-order chi connectivity index (χ0) is 16.1. The van der Waals surface area contributed by atoms with Crippen LogP contribution in [0.1, 0.15) is 31.4 Å². The molecule has 2 N–H and O–H groups in total. The van der Waals surface area contributed by atoms with Gasteiger partial charge in [-0.25, -0.2) is 0 Å². The largest absolute Gasteiger partial charge is 0.395 e. The number of aromatic amines is 1. The third-order valence-electron chi connectivity index (χ3n) is 3.78. The van der Waals surface area contributed by atoms with Gasteiger partial charge in [0, 0.05) is 24.0 Å². The molecule has 0 saturated carbocycles. The minimum atomic E-state index is -0.191. The molecule has 0 bridgehead atoms. The van der Waals surface area contributed by atoms with Crippen LogP contribution in [0.2, 0.25) is 0 Å². The van der Waals surface area contributed by atoms with Crippen molar-refractivity contribution in [1.82, 2.24) is 9.88 Å². The van der Waals surface area contributed by atoms with E-state index < -0.39 is 0 Å². The normalized spacial score (nSPS) is 10.9. The van der Waals surface area contributed by atoms with E-state index in [1.807, 2.05) is 24.3 Å². The first-order chi connectivity index (χ1) is 10.6. The molecule has 0 spiro atoms. The Kier molecular flexibility index (Phi) is 5.33. The van der Waals surface area contributed by atoms with Crippen molar-refractivity contribution in [2.75, 3.05) is 13.2 Å². The number of amides is 1. The van der Waals surface area contributed by atoms with Crippen molar-refractivity contribution in [2.24, 2.45) is 0 Å². The quantitative estimate of drug-likeness (QED) is 0.855. The summed E-state index contributed by atoms with van der Waals surface area (Å²) < 4.78 is 0. The number of fused-ring (bicyclic) bond motifs is 1. The number of rotatable bonds is 6. The topological polar surface area (TPSA) is 73.4 Å². The van der Waals surface area contributed by atoms with Crippen molar-refractivity contribution in [3.05, 3.63) is 45.7 Å². The first-order valence-corrected chi connectivity index (χ1v) is 7.62. The van der Waals surface area contributed by atoms with Crippen LogP contribution >= 0.6 is 0 Å². The zero-order valence-electron chi connectivity index (χ0n) is 13.1. The third-order valence-corrected chi connectivity index (χ3v) is 3.78. The van der Waals surface area contributed by atoms with Crippen LogP contribution in [0, 0.1) is 0 Å². The summed E-state index contributed by atoms with van der Waals surface area (Å²) in [6.07, 6.45) is 1.28. The maximum atomic E-state index is 12.2. The number of nitrogens with zero attached hydrogens (tertiary/aromatic N) is 1.